The van der Waals surface area contributed by atoms with E-state index in [1.54, 1.807) is 25.3 Å². The topological polar surface area (TPSA) is 39.7 Å². The Hall–Kier alpha value is -2.11. The fourth-order valence-electron chi connectivity index (χ4n) is 2.46. The molecule has 0 saturated heterocycles. The summed E-state index contributed by atoms with van der Waals surface area (Å²) in [5.74, 6) is 1.02. The Morgan fingerprint density at radius 3 is 2.60 bits per heavy atom. The summed E-state index contributed by atoms with van der Waals surface area (Å²) in [5, 5.41) is 3.37. The molecule has 0 aliphatic heterocycles. The smallest absolute Gasteiger partial charge is 0.166 e. The van der Waals surface area contributed by atoms with E-state index in [0.29, 0.717) is 23.6 Å². The molecule has 0 aliphatic rings. The number of hydrogen-bond donors (Lipinski definition) is 1. The molecule has 0 amide bonds. The molecule has 5 heteroatoms. The van der Waals surface area contributed by atoms with Crippen LogP contribution in [0.2, 0.25) is 0 Å². The van der Waals surface area contributed by atoms with Crippen molar-refractivity contribution in [2.45, 2.75) is 26.5 Å². The van der Waals surface area contributed by atoms with Gasteiger partial charge in [-0.15, -0.1) is 0 Å². The van der Waals surface area contributed by atoms with Gasteiger partial charge in [0.2, 0.25) is 0 Å². The van der Waals surface area contributed by atoms with Crippen LogP contribution in [0.1, 0.15) is 24.5 Å². The lowest BCUT2D eigenvalue weighted by atomic mass is 10.1. The lowest BCUT2D eigenvalue weighted by Gasteiger charge is -2.16. The van der Waals surface area contributed by atoms with Crippen LogP contribution in [-0.4, -0.2) is 26.9 Å². The maximum atomic E-state index is 13.8. The molecule has 2 aromatic rings. The van der Waals surface area contributed by atoms with Gasteiger partial charge >= 0.3 is 0 Å². The molecule has 0 aromatic heterocycles. The summed E-state index contributed by atoms with van der Waals surface area (Å²) in [6.45, 7) is 5.13. The Labute approximate surface area is 148 Å². The highest BCUT2D eigenvalue weighted by molar-refractivity contribution is 5.46. The van der Waals surface area contributed by atoms with E-state index in [9.17, 15) is 4.39 Å². The fourth-order valence-corrected chi connectivity index (χ4v) is 2.46. The molecule has 0 atom stereocenters. The van der Waals surface area contributed by atoms with Crippen LogP contribution in [0.3, 0.4) is 0 Å². The predicted octanol–water partition coefficient (Wildman–Crippen LogP) is 3.93. The second kappa shape index (κ2) is 10.7. The van der Waals surface area contributed by atoms with Crippen LogP contribution in [0.5, 0.6) is 11.5 Å². The molecule has 0 spiro atoms. The second-order valence-corrected chi connectivity index (χ2v) is 5.56. The number of benzene rings is 2. The first-order valence-corrected chi connectivity index (χ1v) is 8.56. The van der Waals surface area contributed by atoms with E-state index in [0.717, 1.165) is 31.7 Å². The number of para-hydroxylation sites is 1. The first kappa shape index (κ1) is 19.2. The molecule has 0 heterocycles. The van der Waals surface area contributed by atoms with Gasteiger partial charge in [0.05, 0.1) is 7.11 Å². The number of nitrogens with one attached hydrogen (secondary N) is 1. The number of halogens is 1. The summed E-state index contributed by atoms with van der Waals surface area (Å²) in [6, 6.07) is 12.4. The van der Waals surface area contributed by atoms with Gasteiger partial charge < -0.3 is 19.5 Å². The van der Waals surface area contributed by atoms with Crippen LogP contribution in [0.4, 0.5) is 4.39 Å². The predicted molar refractivity (Wildman–Crippen MR) is 96.5 cm³/mol. The molecule has 1 N–H and O–H groups in total. The maximum Gasteiger partial charge on any atom is 0.166 e. The summed E-state index contributed by atoms with van der Waals surface area (Å²) in [4.78, 5) is 0. The average Bonchev–Trinajstić information content (AvgIpc) is 2.64. The highest BCUT2D eigenvalue weighted by atomic mass is 19.1. The Balaban J connectivity index is 1.98. The van der Waals surface area contributed by atoms with Gasteiger partial charge in [0, 0.05) is 30.9 Å². The Morgan fingerprint density at radius 1 is 1.04 bits per heavy atom. The molecule has 0 unspecified atom stereocenters. The first-order valence-electron chi connectivity index (χ1n) is 8.56. The minimum atomic E-state index is -0.270. The van der Waals surface area contributed by atoms with Crippen LogP contribution in [0.15, 0.2) is 42.5 Å². The van der Waals surface area contributed by atoms with Gasteiger partial charge in [-0.25, -0.2) is 4.39 Å². The third kappa shape index (κ3) is 6.03. The Kier molecular flexibility index (Phi) is 8.22. The lowest BCUT2D eigenvalue weighted by molar-refractivity contribution is 0.144. The van der Waals surface area contributed by atoms with Gasteiger partial charge in [-0.3, -0.25) is 0 Å². The highest BCUT2D eigenvalue weighted by Gasteiger charge is 2.12. The van der Waals surface area contributed by atoms with E-state index in [1.165, 1.54) is 6.07 Å². The van der Waals surface area contributed by atoms with Crippen molar-refractivity contribution in [2.24, 2.45) is 0 Å². The van der Waals surface area contributed by atoms with Crippen molar-refractivity contribution in [3.8, 4) is 11.5 Å². The molecule has 2 rings (SSSR count). The molecule has 4 nitrogen and oxygen atoms in total. The zero-order valence-corrected chi connectivity index (χ0v) is 14.9. The van der Waals surface area contributed by atoms with Gasteiger partial charge in [-0.05, 0) is 32.0 Å². The van der Waals surface area contributed by atoms with Crippen LogP contribution < -0.4 is 14.8 Å². The summed E-state index contributed by atoms with van der Waals surface area (Å²) in [5.41, 5.74) is 1.50. The normalized spacial score (nSPS) is 10.7. The first-order chi connectivity index (χ1) is 12.3. The SMILES string of the molecule is CCOCCCNCc1cccc(OC)c1OCc1ccccc1F. The molecular weight excluding hydrogens is 321 g/mol. The molecule has 25 heavy (non-hydrogen) atoms. The molecule has 0 aliphatic carbocycles. The van der Waals surface area contributed by atoms with E-state index in [-0.39, 0.29) is 12.4 Å². The third-order valence-corrected chi connectivity index (χ3v) is 3.77. The van der Waals surface area contributed by atoms with Gasteiger partial charge in [0.1, 0.15) is 12.4 Å². The van der Waals surface area contributed by atoms with E-state index >= 15 is 0 Å². The fraction of sp³-hybridized carbons (Fsp3) is 0.400. The van der Waals surface area contributed by atoms with Crippen LogP contribution in [0.25, 0.3) is 0 Å². The molecule has 0 saturated carbocycles. The highest BCUT2D eigenvalue weighted by Crippen LogP contribution is 2.32. The number of rotatable bonds is 11. The van der Waals surface area contributed by atoms with Crippen molar-refractivity contribution in [2.75, 3.05) is 26.9 Å². The Morgan fingerprint density at radius 2 is 1.84 bits per heavy atom. The van der Waals surface area contributed by atoms with E-state index in [4.69, 9.17) is 14.2 Å². The average molecular weight is 347 g/mol. The third-order valence-electron chi connectivity index (χ3n) is 3.77. The van der Waals surface area contributed by atoms with Gasteiger partial charge in [0.25, 0.3) is 0 Å². The van der Waals surface area contributed by atoms with Crippen molar-refractivity contribution in [3.63, 3.8) is 0 Å². The molecule has 136 valence electrons. The number of hydrogen-bond acceptors (Lipinski definition) is 4. The van der Waals surface area contributed by atoms with Gasteiger partial charge in [-0.1, -0.05) is 30.3 Å². The molecule has 0 bridgehead atoms. The summed E-state index contributed by atoms with van der Waals surface area (Å²) >= 11 is 0. The molecule has 2 aromatic carbocycles. The van der Waals surface area contributed by atoms with Crippen molar-refractivity contribution < 1.29 is 18.6 Å². The van der Waals surface area contributed by atoms with E-state index in [2.05, 4.69) is 5.32 Å². The minimum Gasteiger partial charge on any atom is -0.493 e. The van der Waals surface area contributed by atoms with Crippen LogP contribution >= 0.6 is 0 Å². The lowest BCUT2D eigenvalue weighted by Crippen LogP contribution is -2.17. The molecular formula is C20H26FNO3. The summed E-state index contributed by atoms with van der Waals surface area (Å²) in [7, 11) is 1.60. The summed E-state index contributed by atoms with van der Waals surface area (Å²) in [6.07, 6.45) is 0.948. The van der Waals surface area contributed by atoms with E-state index in [1.807, 2.05) is 25.1 Å². The van der Waals surface area contributed by atoms with E-state index < -0.39 is 0 Å². The molecule has 0 fully saturated rings. The van der Waals surface area contributed by atoms with Crippen LogP contribution in [0, 0.1) is 5.82 Å². The quantitative estimate of drug-likeness (QED) is 0.625. The zero-order valence-electron chi connectivity index (χ0n) is 14.9. The number of ether oxygens (including phenoxy) is 3. The summed E-state index contributed by atoms with van der Waals surface area (Å²) < 4.78 is 30.4. The van der Waals surface area contributed by atoms with Crippen molar-refractivity contribution in [3.05, 3.63) is 59.4 Å². The second-order valence-electron chi connectivity index (χ2n) is 5.56. The standard InChI is InChI=1S/C20H26FNO3/c1-3-24-13-7-12-22-14-16-9-6-11-19(23-2)20(16)25-15-17-8-4-5-10-18(17)21/h4-6,8-11,22H,3,7,12-15H2,1-2H3. The van der Waals surface area contributed by atoms with Crippen molar-refractivity contribution in [1.29, 1.82) is 0 Å². The monoisotopic (exact) mass is 347 g/mol. The largest absolute Gasteiger partial charge is 0.493 e. The molecule has 0 radical (unpaired) electrons. The minimum absolute atomic E-state index is 0.157. The number of methoxy groups -OCH3 is 1. The van der Waals surface area contributed by atoms with Crippen molar-refractivity contribution in [1.82, 2.24) is 5.32 Å². The van der Waals surface area contributed by atoms with Crippen molar-refractivity contribution >= 4 is 0 Å². The zero-order chi connectivity index (χ0) is 17.9. The van der Waals surface area contributed by atoms with Crippen LogP contribution in [-0.2, 0) is 17.9 Å². The maximum absolute atomic E-state index is 13.8. The Bertz CT molecular complexity index is 649. The van der Waals surface area contributed by atoms with Gasteiger partial charge in [-0.2, -0.15) is 0 Å². The van der Waals surface area contributed by atoms with Gasteiger partial charge in [0.15, 0.2) is 11.5 Å².